The lowest BCUT2D eigenvalue weighted by atomic mass is 10.1. The molecule has 0 saturated heterocycles. The number of hydrogen-bond donors (Lipinski definition) is 0. The van der Waals surface area contributed by atoms with Crippen LogP contribution in [0, 0.1) is 0 Å². The summed E-state index contributed by atoms with van der Waals surface area (Å²) in [5, 5.41) is 0. The van der Waals surface area contributed by atoms with Crippen LogP contribution in [0.2, 0.25) is 0 Å². The molecule has 0 spiro atoms. The fourth-order valence-corrected chi connectivity index (χ4v) is 1.87. The maximum absolute atomic E-state index is 11.8. The summed E-state index contributed by atoms with van der Waals surface area (Å²) in [4.78, 5) is 11.8. The fourth-order valence-electron chi connectivity index (χ4n) is 1.87. The molecule has 0 fully saturated rings. The molecule has 2 aromatic rings. The van der Waals surface area contributed by atoms with Crippen molar-refractivity contribution in [3.63, 3.8) is 0 Å². The van der Waals surface area contributed by atoms with Gasteiger partial charge in [-0.2, -0.15) is 0 Å². The van der Waals surface area contributed by atoms with Crippen LogP contribution >= 0.6 is 0 Å². The van der Waals surface area contributed by atoms with Crippen molar-refractivity contribution in [2.45, 2.75) is 13.8 Å². The molecule has 3 heteroatoms. The molecule has 0 aliphatic carbocycles. The van der Waals surface area contributed by atoms with Gasteiger partial charge >= 0.3 is 5.97 Å². The average molecular weight is 229 g/mol. The van der Waals surface area contributed by atoms with E-state index in [2.05, 4.69) is 6.58 Å². The summed E-state index contributed by atoms with van der Waals surface area (Å²) in [6, 6.07) is 7.55. The summed E-state index contributed by atoms with van der Waals surface area (Å²) in [7, 11) is 0. The van der Waals surface area contributed by atoms with Crippen molar-refractivity contribution in [1.29, 1.82) is 0 Å². The highest BCUT2D eigenvalue weighted by atomic mass is 16.5. The molecule has 0 saturated carbocycles. The highest BCUT2D eigenvalue weighted by molar-refractivity contribution is 5.90. The Morgan fingerprint density at radius 2 is 2.18 bits per heavy atom. The quantitative estimate of drug-likeness (QED) is 0.757. The molecule has 0 amide bonds. The highest BCUT2D eigenvalue weighted by Crippen LogP contribution is 2.21. The Morgan fingerprint density at radius 1 is 1.41 bits per heavy atom. The number of esters is 1. The molecular formula is C14H15NO2. The van der Waals surface area contributed by atoms with Crippen LogP contribution in [0.15, 0.2) is 37.0 Å². The molecule has 2 aromatic heterocycles. The third kappa shape index (κ3) is 1.96. The van der Waals surface area contributed by atoms with Crippen LogP contribution in [-0.4, -0.2) is 17.0 Å². The van der Waals surface area contributed by atoms with Gasteiger partial charge in [-0.1, -0.05) is 12.6 Å². The van der Waals surface area contributed by atoms with Gasteiger partial charge in [0, 0.05) is 11.8 Å². The Hall–Kier alpha value is -2.03. The van der Waals surface area contributed by atoms with E-state index < -0.39 is 0 Å². The zero-order valence-electron chi connectivity index (χ0n) is 10.1. The third-order valence-electron chi connectivity index (χ3n) is 2.64. The number of nitrogens with zero attached hydrogens (tertiary/aromatic N) is 1. The topological polar surface area (TPSA) is 30.7 Å². The van der Waals surface area contributed by atoms with E-state index in [0.717, 1.165) is 16.7 Å². The number of hydrogen-bond acceptors (Lipinski definition) is 2. The van der Waals surface area contributed by atoms with Crippen LogP contribution in [0.1, 0.15) is 29.9 Å². The van der Waals surface area contributed by atoms with Gasteiger partial charge in [-0.05, 0) is 37.6 Å². The van der Waals surface area contributed by atoms with E-state index >= 15 is 0 Å². The van der Waals surface area contributed by atoms with Crippen LogP contribution < -0.4 is 0 Å². The van der Waals surface area contributed by atoms with E-state index in [-0.39, 0.29) is 5.97 Å². The summed E-state index contributed by atoms with van der Waals surface area (Å²) in [5.74, 6) is -0.304. The average Bonchev–Trinajstić information content (AvgIpc) is 2.76. The molecule has 2 rings (SSSR count). The van der Waals surface area contributed by atoms with Crippen LogP contribution in [0.5, 0.6) is 0 Å². The van der Waals surface area contributed by atoms with E-state index in [1.807, 2.05) is 35.7 Å². The molecule has 0 bridgehead atoms. The van der Waals surface area contributed by atoms with Gasteiger partial charge in [0.15, 0.2) is 0 Å². The zero-order valence-corrected chi connectivity index (χ0v) is 10.1. The monoisotopic (exact) mass is 229 g/mol. The largest absolute Gasteiger partial charge is 0.461 e. The number of pyridine rings is 1. The van der Waals surface area contributed by atoms with Crippen molar-refractivity contribution in [3.8, 4) is 0 Å². The summed E-state index contributed by atoms with van der Waals surface area (Å²) < 4.78 is 6.86. The summed E-state index contributed by atoms with van der Waals surface area (Å²) >= 11 is 0. The van der Waals surface area contributed by atoms with Crippen LogP contribution in [-0.2, 0) is 4.74 Å². The molecule has 0 unspecified atom stereocenters. The normalized spacial score (nSPS) is 10.5. The van der Waals surface area contributed by atoms with Crippen molar-refractivity contribution in [2.24, 2.45) is 0 Å². The van der Waals surface area contributed by atoms with E-state index in [4.69, 9.17) is 4.74 Å². The minimum Gasteiger partial charge on any atom is -0.461 e. The molecule has 0 aromatic carbocycles. The molecule has 2 heterocycles. The molecular weight excluding hydrogens is 214 g/mol. The SMILES string of the molecule is C=C(C)c1ccc(C(=O)OCC)n2cccc12. The first-order valence-corrected chi connectivity index (χ1v) is 5.58. The molecule has 0 aliphatic rings. The Balaban J connectivity index is 2.61. The number of carbonyl (C=O) groups is 1. The maximum atomic E-state index is 11.8. The van der Waals surface area contributed by atoms with Gasteiger partial charge in [0.1, 0.15) is 5.69 Å². The van der Waals surface area contributed by atoms with Crippen molar-refractivity contribution in [1.82, 2.24) is 4.40 Å². The Bertz CT molecular complexity index is 581. The van der Waals surface area contributed by atoms with Gasteiger partial charge in [0.25, 0.3) is 0 Å². The molecule has 0 atom stereocenters. The van der Waals surface area contributed by atoms with Crippen LogP contribution in [0.3, 0.4) is 0 Å². The number of fused-ring (bicyclic) bond motifs is 1. The van der Waals surface area contributed by atoms with Gasteiger partial charge in [-0.15, -0.1) is 0 Å². The van der Waals surface area contributed by atoms with E-state index in [1.165, 1.54) is 0 Å². The second-order valence-electron chi connectivity index (χ2n) is 3.90. The lowest BCUT2D eigenvalue weighted by Crippen LogP contribution is -2.10. The van der Waals surface area contributed by atoms with Gasteiger partial charge in [0.05, 0.1) is 12.1 Å². The van der Waals surface area contributed by atoms with Gasteiger partial charge in [-0.3, -0.25) is 0 Å². The minimum absolute atomic E-state index is 0.304. The second-order valence-corrected chi connectivity index (χ2v) is 3.90. The molecule has 0 aliphatic heterocycles. The second kappa shape index (κ2) is 4.45. The van der Waals surface area contributed by atoms with Crippen LogP contribution in [0.25, 0.3) is 11.1 Å². The minimum atomic E-state index is -0.304. The Morgan fingerprint density at radius 3 is 2.82 bits per heavy atom. The smallest absolute Gasteiger partial charge is 0.355 e. The lowest BCUT2D eigenvalue weighted by molar-refractivity contribution is 0.0518. The first kappa shape index (κ1) is 11.5. The van der Waals surface area contributed by atoms with Crippen molar-refractivity contribution < 1.29 is 9.53 Å². The molecule has 0 radical (unpaired) electrons. The lowest BCUT2D eigenvalue weighted by Gasteiger charge is -2.09. The maximum Gasteiger partial charge on any atom is 0.355 e. The number of aromatic nitrogens is 1. The van der Waals surface area contributed by atoms with Crippen molar-refractivity contribution in [3.05, 3.63) is 48.3 Å². The van der Waals surface area contributed by atoms with Gasteiger partial charge in [0.2, 0.25) is 0 Å². The number of carbonyl (C=O) groups excluding carboxylic acids is 1. The molecule has 3 nitrogen and oxygen atoms in total. The molecule has 17 heavy (non-hydrogen) atoms. The third-order valence-corrected chi connectivity index (χ3v) is 2.64. The van der Waals surface area contributed by atoms with E-state index in [0.29, 0.717) is 12.3 Å². The fraction of sp³-hybridized carbons (Fsp3) is 0.214. The van der Waals surface area contributed by atoms with E-state index in [9.17, 15) is 4.79 Å². The zero-order chi connectivity index (χ0) is 12.4. The van der Waals surface area contributed by atoms with Crippen molar-refractivity contribution >= 4 is 17.1 Å². The van der Waals surface area contributed by atoms with Crippen LogP contribution in [0.4, 0.5) is 0 Å². The standard InChI is InChI=1S/C14H15NO2/c1-4-17-14(16)13-8-7-11(10(2)3)12-6-5-9-15(12)13/h5-9H,2,4H2,1,3H3. The first-order valence-electron chi connectivity index (χ1n) is 5.58. The number of ether oxygens (including phenoxy) is 1. The molecule has 0 N–H and O–H groups in total. The Kier molecular flexibility index (Phi) is 3.00. The predicted octanol–water partition coefficient (Wildman–Crippen LogP) is 3.15. The summed E-state index contributed by atoms with van der Waals surface area (Å²) in [6.07, 6.45) is 1.86. The highest BCUT2D eigenvalue weighted by Gasteiger charge is 2.12. The number of rotatable bonds is 3. The van der Waals surface area contributed by atoms with Gasteiger partial charge < -0.3 is 9.14 Å². The van der Waals surface area contributed by atoms with Gasteiger partial charge in [-0.25, -0.2) is 4.79 Å². The predicted molar refractivity (Wildman–Crippen MR) is 68.1 cm³/mol. The first-order chi connectivity index (χ1) is 8.15. The number of allylic oxidation sites excluding steroid dienone is 1. The van der Waals surface area contributed by atoms with Crippen molar-refractivity contribution in [2.75, 3.05) is 6.61 Å². The summed E-state index contributed by atoms with van der Waals surface area (Å²) in [5.41, 5.74) is 3.53. The molecule has 88 valence electrons. The summed E-state index contributed by atoms with van der Waals surface area (Å²) in [6.45, 7) is 8.06. The van der Waals surface area contributed by atoms with E-state index in [1.54, 1.807) is 13.0 Å². The Labute approximate surface area is 100 Å².